The lowest BCUT2D eigenvalue weighted by atomic mass is 10.1. The molecule has 0 bridgehead atoms. The van der Waals surface area contributed by atoms with Gasteiger partial charge in [0.25, 0.3) is 5.69 Å². The molecular formula is C15H15BrN2O2S. The number of rotatable bonds is 6. The van der Waals surface area contributed by atoms with E-state index >= 15 is 0 Å². The Morgan fingerprint density at radius 3 is 2.71 bits per heavy atom. The Bertz CT molecular complexity index is 641. The second-order valence-electron chi connectivity index (χ2n) is 5.20. The van der Waals surface area contributed by atoms with E-state index in [9.17, 15) is 10.1 Å². The molecule has 0 unspecified atom stereocenters. The number of halogens is 1. The van der Waals surface area contributed by atoms with Crippen molar-refractivity contribution in [3.8, 4) is 0 Å². The summed E-state index contributed by atoms with van der Waals surface area (Å²) in [5.41, 5.74) is 3.08. The first kappa shape index (κ1) is 14.5. The minimum atomic E-state index is -0.273. The summed E-state index contributed by atoms with van der Waals surface area (Å²) in [4.78, 5) is 13.3. The Morgan fingerprint density at radius 2 is 2.14 bits per heavy atom. The molecule has 1 aliphatic rings. The van der Waals surface area contributed by atoms with Gasteiger partial charge in [-0.3, -0.25) is 10.1 Å². The van der Waals surface area contributed by atoms with E-state index in [0.29, 0.717) is 11.4 Å². The quantitative estimate of drug-likeness (QED) is 0.422. The van der Waals surface area contributed by atoms with Crippen LogP contribution in [0.25, 0.3) is 0 Å². The van der Waals surface area contributed by atoms with Gasteiger partial charge >= 0.3 is 0 Å². The van der Waals surface area contributed by atoms with Gasteiger partial charge in [-0.05, 0) is 46.9 Å². The van der Waals surface area contributed by atoms with E-state index in [2.05, 4.69) is 32.3 Å². The number of thiophene rings is 1. The Kier molecular flexibility index (Phi) is 4.26. The van der Waals surface area contributed by atoms with Gasteiger partial charge in [-0.15, -0.1) is 0 Å². The maximum absolute atomic E-state index is 11.4. The molecule has 4 nitrogen and oxygen atoms in total. The molecule has 0 atom stereocenters. The zero-order chi connectivity index (χ0) is 14.8. The van der Waals surface area contributed by atoms with Crippen molar-refractivity contribution in [1.82, 2.24) is 0 Å². The number of nitro groups is 1. The number of anilines is 1. The molecule has 1 saturated carbocycles. The summed E-state index contributed by atoms with van der Waals surface area (Å²) in [6.07, 6.45) is 2.23. The molecule has 110 valence electrons. The molecule has 3 rings (SSSR count). The summed E-state index contributed by atoms with van der Waals surface area (Å²) in [7, 11) is 0. The van der Waals surface area contributed by atoms with Crippen molar-refractivity contribution in [1.29, 1.82) is 0 Å². The first-order valence-electron chi connectivity index (χ1n) is 6.80. The lowest BCUT2D eigenvalue weighted by Crippen LogP contribution is -2.25. The summed E-state index contributed by atoms with van der Waals surface area (Å²) in [5, 5.41) is 16.2. The summed E-state index contributed by atoms with van der Waals surface area (Å²) >= 11 is 5.02. The normalized spacial score (nSPS) is 14.1. The molecule has 21 heavy (non-hydrogen) atoms. The van der Waals surface area contributed by atoms with Crippen LogP contribution in [0.5, 0.6) is 0 Å². The van der Waals surface area contributed by atoms with E-state index < -0.39 is 0 Å². The van der Waals surface area contributed by atoms with Crippen LogP contribution in [0, 0.1) is 10.1 Å². The minimum Gasteiger partial charge on any atom is -0.359 e. The number of nitro benzene ring substituents is 1. The highest BCUT2D eigenvalue weighted by Crippen LogP contribution is 2.38. The maximum Gasteiger partial charge on any atom is 0.292 e. The molecule has 1 aromatic heterocycles. The van der Waals surface area contributed by atoms with Crippen LogP contribution >= 0.6 is 27.3 Å². The summed E-state index contributed by atoms with van der Waals surface area (Å²) in [6, 6.07) is 8.03. The second-order valence-corrected chi connectivity index (χ2v) is 6.55. The van der Waals surface area contributed by atoms with Crippen molar-refractivity contribution in [2.75, 3.05) is 4.90 Å². The van der Waals surface area contributed by atoms with Crippen LogP contribution in [0.15, 0.2) is 35.0 Å². The second kappa shape index (κ2) is 6.15. The average molecular weight is 367 g/mol. The summed E-state index contributed by atoms with van der Waals surface area (Å²) in [5.74, 6) is 0. The van der Waals surface area contributed by atoms with Crippen molar-refractivity contribution in [3.63, 3.8) is 0 Å². The smallest absolute Gasteiger partial charge is 0.292 e. The van der Waals surface area contributed by atoms with E-state index in [1.54, 1.807) is 17.4 Å². The molecule has 1 aromatic carbocycles. The number of hydrogen-bond donors (Lipinski definition) is 0. The molecule has 0 N–H and O–H groups in total. The standard InChI is InChI=1S/C15H15BrN2O2S/c16-8-11-1-4-14(15(7-11)18(19)20)17(13-2-3-13)9-12-5-6-21-10-12/h1,4-7,10,13H,2-3,8-9H2. The fourth-order valence-corrected chi connectivity index (χ4v) is 3.43. The van der Waals surface area contributed by atoms with Crippen LogP contribution in [0.4, 0.5) is 11.4 Å². The zero-order valence-corrected chi connectivity index (χ0v) is 13.8. The van der Waals surface area contributed by atoms with Crippen molar-refractivity contribution in [3.05, 3.63) is 56.3 Å². The first-order chi connectivity index (χ1) is 10.2. The lowest BCUT2D eigenvalue weighted by Gasteiger charge is -2.24. The van der Waals surface area contributed by atoms with Gasteiger partial charge in [-0.1, -0.05) is 22.0 Å². The van der Waals surface area contributed by atoms with E-state index in [0.717, 1.165) is 30.6 Å². The molecule has 1 fully saturated rings. The highest BCUT2D eigenvalue weighted by atomic mass is 79.9. The predicted molar refractivity (Wildman–Crippen MR) is 89.3 cm³/mol. The molecule has 6 heteroatoms. The summed E-state index contributed by atoms with van der Waals surface area (Å²) in [6.45, 7) is 0.739. The van der Waals surface area contributed by atoms with Gasteiger partial charge in [-0.2, -0.15) is 11.3 Å². The lowest BCUT2D eigenvalue weighted by molar-refractivity contribution is -0.384. The highest BCUT2D eigenvalue weighted by Gasteiger charge is 2.33. The molecule has 1 heterocycles. The maximum atomic E-state index is 11.4. The van der Waals surface area contributed by atoms with Gasteiger partial charge in [0.05, 0.1) is 4.92 Å². The third-order valence-electron chi connectivity index (χ3n) is 3.62. The number of benzene rings is 1. The van der Waals surface area contributed by atoms with Gasteiger partial charge in [-0.25, -0.2) is 0 Å². The Hall–Kier alpha value is -1.40. The zero-order valence-electron chi connectivity index (χ0n) is 11.4. The Labute approximate surface area is 135 Å². The molecule has 0 aliphatic heterocycles. The molecule has 0 radical (unpaired) electrons. The van der Waals surface area contributed by atoms with Gasteiger partial charge in [0.1, 0.15) is 5.69 Å². The van der Waals surface area contributed by atoms with E-state index in [1.165, 1.54) is 5.56 Å². The van der Waals surface area contributed by atoms with Crippen LogP contribution in [-0.4, -0.2) is 11.0 Å². The fraction of sp³-hybridized carbons (Fsp3) is 0.333. The van der Waals surface area contributed by atoms with Gasteiger partial charge < -0.3 is 4.90 Å². The average Bonchev–Trinajstić information content (AvgIpc) is 3.21. The topological polar surface area (TPSA) is 46.4 Å². The Balaban J connectivity index is 1.96. The van der Waals surface area contributed by atoms with Crippen LogP contribution in [0.2, 0.25) is 0 Å². The molecule has 1 aliphatic carbocycles. The number of alkyl halides is 1. The van der Waals surface area contributed by atoms with Crippen molar-refractivity contribution < 1.29 is 4.92 Å². The van der Waals surface area contributed by atoms with Crippen molar-refractivity contribution in [2.24, 2.45) is 0 Å². The van der Waals surface area contributed by atoms with Gasteiger partial charge in [0.15, 0.2) is 0 Å². The van der Waals surface area contributed by atoms with Crippen molar-refractivity contribution in [2.45, 2.75) is 30.8 Å². The first-order valence-corrected chi connectivity index (χ1v) is 8.86. The highest BCUT2D eigenvalue weighted by molar-refractivity contribution is 9.08. The monoisotopic (exact) mass is 366 g/mol. The number of nitrogens with zero attached hydrogens (tertiary/aromatic N) is 2. The van der Waals surface area contributed by atoms with E-state index in [-0.39, 0.29) is 10.6 Å². The number of hydrogen-bond acceptors (Lipinski definition) is 4. The third kappa shape index (κ3) is 3.27. The van der Waals surface area contributed by atoms with Crippen LogP contribution in [-0.2, 0) is 11.9 Å². The molecule has 0 spiro atoms. The largest absolute Gasteiger partial charge is 0.359 e. The van der Waals surface area contributed by atoms with Gasteiger partial charge in [0.2, 0.25) is 0 Å². The summed E-state index contributed by atoms with van der Waals surface area (Å²) < 4.78 is 0. The molecular weight excluding hydrogens is 352 g/mol. The minimum absolute atomic E-state index is 0.203. The molecule has 2 aromatic rings. The SMILES string of the molecule is O=[N+]([O-])c1cc(CBr)ccc1N(Cc1ccsc1)C1CC1. The molecule has 0 amide bonds. The van der Waals surface area contributed by atoms with E-state index in [1.807, 2.05) is 17.5 Å². The van der Waals surface area contributed by atoms with Crippen LogP contribution < -0.4 is 4.90 Å². The van der Waals surface area contributed by atoms with E-state index in [4.69, 9.17) is 0 Å². The third-order valence-corrected chi connectivity index (χ3v) is 5.00. The fourth-order valence-electron chi connectivity index (χ4n) is 2.42. The Morgan fingerprint density at radius 1 is 1.33 bits per heavy atom. The van der Waals surface area contributed by atoms with Crippen LogP contribution in [0.3, 0.4) is 0 Å². The predicted octanol–water partition coefficient (Wildman–Crippen LogP) is 4.72. The molecule has 0 saturated heterocycles. The van der Waals surface area contributed by atoms with Gasteiger partial charge in [0, 0.05) is 24.0 Å². The van der Waals surface area contributed by atoms with Crippen LogP contribution in [0.1, 0.15) is 24.0 Å². The van der Waals surface area contributed by atoms with Crippen molar-refractivity contribution >= 4 is 38.6 Å².